The lowest BCUT2D eigenvalue weighted by Gasteiger charge is -2.30. The van der Waals surface area contributed by atoms with Gasteiger partial charge in [-0.05, 0) is 61.6 Å². The van der Waals surface area contributed by atoms with E-state index in [4.69, 9.17) is 35.4 Å². The zero-order valence-corrected chi connectivity index (χ0v) is 24.1. The predicted molar refractivity (Wildman–Crippen MR) is 157 cm³/mol. The standard InChI is InChI=1S/C27H30Cl2N2O5S2/c1-38(35,36)16-5-4-15-27(13-2-3-14-27)26(37)31-22(25(33)34)17-18-9-11-19(12-10-18)30-24(32)23-20(28)7-6-8-21(23)29/h6-12,17H,2-5,13-16H2,1H3,(H,30,32)(H,31,37)(H,33,34)/b22-17-. The Balaban J connectivity index is 1.69. The summed E-state index contributed by atoms with van der Waals surface area (Å²) in [4.78, 5) is 25.1. The lowest BCUT2D eigenvalue weighted by molar-refractivity contribution is -0.132. The molecular formula is C27H30Cl2N2O5S2. The molecule has 3 rings (SSSR count). The quantitative estimate of drug-likeness (QED) is 0.157. The second kappa shape index (κ2) is 13.1. The van der Waals surface area contributed by atoms with Crippen LogP contribution < -0.4 is 10.6 Å². The summed E-state index contributed by atoms with van der Waals surface area (Å²) in [5.41, 5.74) is 0.859. The number of carbonyl (C=O) groups excluding carboxylic acids is 1. The molecule has 1 amide bonds. The fourth-order valence-corrected chi connectivity index (χ4v) is 6.33. The molecule has 204 valence electrons. The minimum Gasteiger partial charge on any atom is -0.477 e. The van der Waals surface area contributed by atoms with E-state index in [1.807, 2.05) is 0 Å². The highest BCUT2D eigenvalue weighted by Crippen LogP contribution is 2.43. The van der Waals surface area contributed by atoms with Crippen molar-refractivity contribution in [1.29, 1.82) is 0 Å². The second-order valence-electron chi connectivity index (χ2n) is 9.56. The van der Waals surface area contributed by atoms with E-state index in [0.717, 1.165) is 25.7 Å². The first-order valence-corrected chi connectivity index (χ1v) is 15.4. The fourth-order valence-electron chi connectivity index (χ4n) is 4.61. The van der Waals surface area contributed by atoms with Crippen LogP contribution in [0.5, 0.6) is 0 Å². The van der Waals surface area contributed by atoms with Crippen molar-refractivity contribution in [2.45, 2.75) is 44.9 Å². The van der Waals surface area contributed by atoms with Crippen LogP contribution in [0.15, 0.2) is 48.2 Å². The monoisotopic (exact) mass is 596 g/mol. The van der Waals surface area contributed by atoms with Crippen LogP contribution in [0.25, 0.3) is 6.08 Å². The number of sulfone groups is 1. The number of carboxylic acids is 1. The lowest BCUT2D eigenvalue weighted by atomic mass is 9.80. The molecule has 1 aliphatic carbocycles. The molecule has 38 heavy (non-hydrogen) atoms. The number of benzene rings is 2. The molecular weight excluding hydrogens is 567 g/mol. The minimum absolute atomic E-state index is 0.0583. The van der Waals surface area contributed by atoms with Crippen LogP contribution in [-0.4, -0.2) is 42.4 Å². The summed E-state index contributed by atoms with van der Waals surface area (Å²) in [6.07, 6.45) is 8.35. The highest BCUT2D eigenvalue weighted by atomic mass is 35.5. The lowest BCUT2D eigenvalue weighted by Crippen LogP contribution is -2.39. The van der Waals surface area contributed by atoms with Crippen molar-refractivity contribution in [2.24, 2.45) is 5.41 Å². The topological polar surface area (TPSA) is 113 Å². The van der Waals surface area contributed by atoms with Crippen molar-refractivity contribution in [1.82, 2.24) is 5.32 Å². The van der Waals surface area contributed by atoms with Gasteiger partial charge in [0.1, 0.15) is 15.5 Å². The third-order valence-corrected chi connectivity index (χ3v) is 8.81. The Morgan fingerprint density at radius 2 is 1.66 bits per heavy atom. The van der Waals surface area contributed by atoms with Crippen molar-refractivity contribution in [3.63, 3.8) is 0 Å². The molecule has 11 heteroatoms. The molecule has 1 aliphatic rings. The average Bonchev–Trinajstić information content (AvgIpc) is 3.32. The molecule has 1 fully saturated rings. The van der Waals surface area contributed by atoms with E-state index < -0.39 is 21.7 Å². The number of unbranched alkanes of at least 4 members (excludes halogenated alkanes) is 1. The summed E-state index contributed by atoms with van der Waals surface area (Å²) in [6, 6.07) is 11.4. The highest BCUT2D eigenvalue weighted by Gasteiger charge is 2.38. The number of carboxylic acid groups (broad SMARTS) is 1. The van der Waals surface area contributed by atoms with Crippen LogP contribution in [0.3, 0.4) is 0 Å². The van der Waals surface area contributed by atoms with Gasteiger partial charge < -0.3 is 15.7 Å². The van der Waals surface area contributed by atoms with Gasteiger partial charge in [-0.15, -0.1) is 0 Å². The number of hydrogen-bond acceptors (Lipinski definition) is 5. The molecule has 0 aliphatic heterocycles. The van der Waals surface area contributed by atoms with Gasteiger partial charge in [0.2, 0.25) is 0 Å². The molecule has 3 N–H and O–H groups in total. The van der Waals surface area contributed by atoms with Crippen molar-refractivity contribution in [2.75, 3.05) is 17.3 Å². The van der Waals surface area contributed by atoms with Crippen molar-refractivity contribution in [3.8, 4) is 0 Å². The number of halogens is 2. The maximum Gasteiger partial charge on any atom is 0.352 e. The summed E-state index contributed by atoms with van der Waals surface area (Å²) in [6.45, 7) is 0. The molecule has 2 aromatic carbocycles. The average molecular weight is 598 g/mol. The van der Waals surface area contributed by atoms with E-state index >= 15 is 0 Å². The summed E-state index contributed by atoms with van der Waals surface area (Å²) in [7, 11) is -3.02. The molecule has 0 bridgehead atoms. The van der Waals surface area contributed by atoms with Gasteiger partial charge in [0, 0.05) is 23.1 Å². The zero-order chi connectivity index (χ0) is 27.9. The molecule has 0 saturated heterocycles. The van der Waals surface area contributed by atoms with E-state index in [1.165, 1.54) is 12.3 Å². The van der Waals surface area contributed by atoms with Crippen LogP contribution in [0.4, 0.5) is 5.69 Å². The molecule has 0 heterocycles. The SMILES string of the molecule is CS(=O)(=O)CCCCC1(C(=S)N/C(=C\c2ccc(NC(=O)c3c(Cl)cccc3Cl)cc2)C(=O)O)CCCC1. The largest absolute Gasteiger partial charge is 0.477 e. The van der Waals surface area contributed by atoms with Crippen LogP contribution in [-0.2, 0) is 14.6 Å². The first-order chi connectivity index (χ1) is 17.9. The van der Waals surface area contributed by atoms with Crippen molar-refractivity contribution >= 4 is 73.9 Å². The number of aliphatic carboxylic acids is 1. The van der Waals surface area contributed by atoms with Crippen molar-refractivity contribution in [3.05, 3.63) is 69.3 Å². The van der Waals surface area contributed by atoms with E-state index in [-0.39, 0.29) is 32.5 Å². The molecule has 0 atom stereocenters. The number of rotatable bonds is 11. The first kappa shape index (κ1) is 30.1. The summed E-state index contributed by atoms with van der Waals surface area (Å²) in [5, 5.41) is 16.0. The number of nitrogens with one attached hydrogen (secondary N) is 2. The van der Waals surface area contributed by atoms with Gasteiger partial charge in [0.15, 0.2) is 0 Å². The normalized spacial score (nSPS) is 15.2. The van der Waals surface area contributed by atoms with Gasteiger partial charge in [0.25, 0.3) is 5.91 Å². The number of amides is 1. The Morgan fingerprint density at radius 3 is 2.21 bits per heavy atom. The van der Waals surface area contributed by atoms with Crippen LogP contribution in [0.1, 0.15) is 60.9 Å². The number of anilines is 1. The van der Waals surface area contributed by atoms with Gasteiger partial charge in [-0.3, -0.25) is 4.79 Å². The minimum atomic E-state index is -3.02. The zero-order valence-electron chi connectivity index (χ0n) is 20.9. The third-order valence-electron chi connectivity index (χ3n) is 6.61. The van der Waals surface area contributed by atoms with E-state index in [9.17, 15) is 23.1 Å². The van der Waals surface area contributed by atoms with Gasteiger partial charge in [-0.1, -0.05) is 72.9 Å². The smallest absolute Gasteiger partial charge is 0.352 e. The summed E-state index contributed by atoms with van der Waals surface area (Å²) in [5.74, 6) is -1.48. The molecule has 0 spiro atoms. The Morgan fingerprint density at radius 1 is 1.05 bits per heavy atom. The van der Waals surface area contributed by atoms with Gasteiger partial charge in [-0.2, -0.15) is 0 Å². The van der Waals surface area contributed by atoms with Gasteiger partial charge >= 0.3 is 5.97 Å². The Bertz CT molecular complexity index is 1320. The maximum atomic E-state index is 12.6. The number of carbonyl (C=O) groups is 2. The van der Waals surface area contributed by atoms with E-state index in [1.54, 1.807) is 42.5 Å². The predicted octanol–water partition coefficient (Wildman–Crippen LogP) is 6.36. The Labute approximate surface area is 238 Å². The van der Waals surface area contributed by atoms with E-state index in [2.05, 4.69) is 10.6 Å². The molecule has 2 aromatic rings. The number of thiocarbonyl (C=S) groups is 1. The molecule has 7 nitrogen and oxygen atoms in total. The molecule has 0 radical (unpaired) electrons. The van der Waals surface area contributed by atoms with Crippen LogP contribution >= 0.6 is 35.4 Å². The van der Waals surface area contributed by atoms with E-state index in [0.29, 0.717) is 35.5 Å². The Hall–Kier alpha value is -2.46. The Kier molecular flexibility index (Phi) is 10.3. The third kappa shape index (κ3) is 8.27. The van der Waals surface area contributed by atoms with Gasteiger partial charge in [-0.25, -0.2) is 13.2 Å². The summed E-state index contributed by atoms with van der Waals surface area (Å²) >= 11 is 17.9. The molecule has 1 saturated carbocycles. The maximum absolute atomic E-state index is 12.6. The number of hydrogen-bond donors (Lipinski definition) is 3. The summed E-state index contributed by atoms with van der Waals surface area (Å²) < 4.78 is 22.9. The molecule has 0 unspecified atom stereocenters. The van der Waals surface area contributed by atoms with Crippen molar-refractivity contribution < 1.29 is 23.1 Å². The highest BCUT2D eigenvalue weighted by molar-refractivity contribution is 7.90. The fraction of sp³-hybridized carbons (Fsp3) is 0.370. The molecule has 0 aromatic heterocycles. The van der Waals surface area contributed by atoms with Crippen LogP contribution in [0.2, 0.25) is 10.0 Å². The van der Waals surface area contributed by atoms with Crippen LogP contribution in [0, 0.1) is 5.41 Å². The van der Waals surface area contributed by atoms with Gasteiger partial charge in [0.05, 0.1) is 20.6 Å². The first-order valence-electron chi connectivity index (χ1n) is 12.2. The second-order valence-corrected chi connectivity index (χ2v) is 13.0.